The molecule has 1 rings (SSSR count). The Labute approximate surface area is 96.9 Å². The molecule has 0 saturated heterocycles. The summed E-state index contributed by atoms with van der Waals surface area (Å²) < 4.78 is 5.66. The number of aryl methyl sites for hydroxylation is 2. The predicted molar refractivity (Wildman–Crippen MR) is 68.7 cm³/mol. The van der Waals surface area contributed by atoms with Crippen LogP contribution in [-0.4, -0.2) is 18.8 Å². The lowest BCUT2D eigenvalue weighted by molar-refractivity contribution is 0.535. The van der Waals surface area contributed by atoms with Crippen LogP contribution in [0.3, 0.4) is 0 Å². The van der Waals surface area contributed by atoms with E-state index in [0.717, 1.165) is 16.9 Å². The Morgan fingerprint density at radius 1 is 1.38 bits per heavy atom. The average molecular weight is 218 g/mol. The summed E-state index contributed by atoms with van der Waals surface area (Å²) in [5.41, 5.74) is 2.25. The number of aliphatic imine (C=N–C) groups is 2. The first-order valence-electron chi connectivity index (χ1n) is 5.45. The number of amidine groups is 1. The van der Waals surface area contributed by atoms with Crippen molar-refractivity contribution in [2.24, 2.45) is 9.98 Å². The minimum absolute atomic E-state index is 0.415. The fourth-order valence-electron chi connectivity index (χ4n) is 1.26. The number of benzene rings is 1. The quantitative estimate of drug-likeness (QED) is 0.554. The van der Waals surface area contributed by atoms with Crippen molar-refractivity contribution in [1.29, 1.82) is 0 Å². The number of nitrogens with zero attached hydrogens (tertiary/aromatic N) is 2. The van der Waals surface area contributed by atoms with Gasteiger partial charge in [-0.05, 0) is 44.9 Å². The maximum atomic E-state index is 5.66. The number of rotatable bonds is 2. The molecule has 0 atom stereocenters. The third kappa shape index (κ3) is 3.50. The zero-order valence-electron chi connectivity index (χ0n) is 10.3. The minimum atomic E-state index is 0.415. The van der Waals surface area contributed by atoms with Crippen molar-refractivity contribution in [3.05, 3.63) is 29.3 Å². The van der Waals surface area contributed by atoms with Crippen LogP contribution in [-0.2, 0) is 0 Å². The second kappa shape index (κ2) is 6.05. The van der Waals surface area contributed by atoms with Crippen LogP contribution in [0, 0.1) is 13.8 Å². The van der Waals surface area contributed by atoms with E-state index in [2.05, 4.69) is 16.1 Å². The summed E-state index contributed by atoms with van der Waals surface area (Å²) in [6.45, 7) is 8.51. The molecule has 1 aromatic rings. The van der Waals surface area contributed by atoms with Crippen LogP contribution in [0.5, 0.6) is 5.75 Å². The lowest BCUT2D eigenvalue weighted by Gasteiger charge is -2.08. The molecule has 0 N–H and O–H groups in total. The summed E-state index contributed by atoms with van der Waals surface area (Å²) >= 11 is 0. The Bertz CT molecular complexity index is 408. The third-order valence-electron chi connectivity index (χ3n) is 2.08. The molecule has 0 aliphatic heterocycles. The molecule has 0 bridgehead atoms. The lowest BCUT2D eigenvalue weighted by Crippen LogP contribution is -2.07. The first-order chi connectivity index (χ1) is 7.67. The Morgan fingerprint density at radius 2 is 2.12 bits per heavy atom. The van der Waals surface area contributed by atoms with E-state index < -0.39 is 0 Å². The van der Waals surface area contributed by atoms with Gasteiger partial charge in [-0.2, -0.15) is 0 Å². The molecular weight excluding hydrogens is 200 g/mol. The van der Waals surface area contributed by atoms with Gasteiger partial charge in [0.15, 0.2) is 0 Å². The van der Waals surface area contributed by atoms with E-state index in [1.807, 2.05) is 39.8 Å². The topological polar surface area (TPSA) is 34.0 Å². The fraction of sp³-hybridized carbons (Fsp3) is 0.385. The fourth-order valence-corrected chi connectivity index (χ4v) is 1.26. The van der Waals surface area contributed by atoms with Crippen LogP contribution in [0.2, 0.25) is 0 Å². The van der Waals surface area contributed by atoms with Crippen LogP contribution in [0.1, 0.15) is 25.0 Å². The third-order valence-corrected chi connectivity index (χ3v) is 2.08. The molecule has 0 saturated carbocycles. The van der Waals surface area contributed by atoms with Gasteiger partial charge < -0.3 is 4.74 Å². The molecule has 1 aromatic carbocycles. The number of hydrogen-bond acceptors (Lipinski definition) is 2. The Kier molecular flexibility index (Phi) is 4.70. The van der Waals surface area contributed by atoms with Gasteiger partial charge in [-0.1, -0.05) is 12.1 Å². The normalized spacial score (nSPS) is 12.1. The van der Waals surface area contributed by atoms with Crippen LogP contribution in [0.4, 0.5) is 0 Å². The number of ether oxygens (including phenoxy) is 1. The molecule has 0 heterocycles. The van der Waals surface area contributed by atoms with Crippen molar-refractivity contribution in [2.45, 2.75) is 27.7 Å². The van der Waals surface area contributed by atoms with E-state index >= 15 is 0 Å². The molecule has 0 aliphatic carbocycles. The largest absolute Gasteiger partial charge is 0.424 e. The van der Waals surface area contributed by atoms with Crippen molar-refractivity contribution >= 4 is 12.2 Å². The summed E-state index contributed by atoms with van der Waals surface area (Å²) in [6, 6.07) is 6.50. The van der Waals surface area contributed by atoms with Gasteiger partial charge in [0.05, 0.1) is 0 Å². The summed E-state index contributed by atoms with van der Waals surface area (Å²) in [7, 11) is 0. The molecule has 3 nitrogen and oxygen atoms in total. The van der Waals surface area contributed by atoms with Gasteiger partial charge in [0, 0.05) is 12.8 Å². The first kappa shape index (κ1) is 12.4. The van der Waals surface area contributed by atoms with E-state index in [1.54, 1.807) is 6.21 Å². The monoisotopic (exact) mass is 218 g/mol. The molecule has 16 heavy (non-hydrogen) atoms. The molecule has 86 valence electrons. The molecule has 0 spiro atoms. The second-order valence-corrected chi connectivity index (χ2v) is 3.52. The molecule has 0 unspecified atom stereocenters. The highest BCUT2D eigenvalue weighted by molar-refractivity contribution is 5.84. The summed E-state index contributed by atoms with van der Waals surface area (Å²) in [5.74, 6) is 0.817. The highest BCUT2D eigenvalue weighted by atomic mass is 16.5. The first-order valence-corrected chi connectivity index (χ1v) is 5.45. The molecule has 0 aromatic heterocycles. The Balaban J connectivity index is 2.93. The van der Waals surface area contributed by atoms with Gasteiger partial charge in [-0.15, -0.1) is 0 Å². The molecule has 3 heteroatoms. The molecule has 0 fully saturated rings. The highest BCUT2D eigenvalue weighted by Crippen LogP contribution is 2.19. The van der Waals surface area contributed by atoms with Crippen molar-refractivity contribution < 1.29 is 4.74 Å². The van der Waals surface area contributed by atoms with Gasteiger partial charge in [0.2, 0.25) is 0 Å². The maximum absolute atomic E-state index is 5.66. The van der Waals surface area contributed by atoms with E-state index in [0.29, 0.717) is 12.6 Å². The average Bonchev–Trinajstić information content (AvgIpc) is 2.24. The summed E-state index contributed by atoms with van der Waals surface area (Å²) in [5, 5.41) is 0. The lowest BCUT2D eigenvalue weighted by atomic mass is 10.1. The summed E-state index contributed by atoms with van der Waals surface area (Å²) in [4.78, 5) is 8.26. The Hall–Kier alpha value is -1.64. The SMILES string of the molecule is C/C=N\C(=NCC)Oc1cc(C)ccc1C. The van der Waals surface area contributed by atoms with E-state index in [9.17, 15) is 0 Å². The smallest absolute Gasteiger partial charge is 0.316 e. The van der Waals surface area contributed by atoms with Crippen LogP contribution >= 0.6 is 0 Å². The van der Waals surface area contributed by atoms with Crippen LogP contribution in [0.25, 0.3) is 0 Å². The van der Waals surface area contributed by atoms with Gasteiger partial charge in [0.25, 0.3) is 0 Å². The minimum Gasteiger partial charge on any atom is -0.424 e. The number of hydrogen-bond donors (Lipinski definition) is 0. The van der Waals surface area contributed by atoms with Crippen molar-refractivity contribution in [3.63, 3.8) is 0 Å². The van der Waals surface area contributed by atoms with Crippen molar-refractivity contribution in [1.82, 2.24) is 0 Å². The molecule has 0 amide bonds. The maximum Gasteiger partial charge on any atom is 0.316 e. The zero-order chi connectivity index (χ0) is 12.0. The van der Waals surface area contributed by atoms with E-state index in [4.69, 9.17) is 4.74 Å². The Morgan fingerprint density at radius 3 is 2.75 bits per heavy atom. The van der Waals surface area contributed by atoms with Gasteiger partial charge in [-0.3, -0.25) is 0 Å². The summed E-state index contributed by atoms with van der Waals surface area (Å²) in [6.07, 6.45) is 1.68. The van der Waals surface area contributed by atoms with E-state index in [-0.39, 0.29) is 0 Å². The van der Waals surface area contributed by atoms with Crippen molar-refractivity contribution in [2.75, 3.05) is 6.54 Å². The predicted octanol–water partition coefficient (Wildman–Crippen LogP) is 3.15. The van der Waals surface area contributed by atoms with Gasteiger partial charge in [0.1, 0.15) is 5.75 Å². The van der Waals surface area contributed by atoms with Crippen molar-refractivity contribution in [3.8, 4) is 5.75 Å². The van der Waals surface area contributed by atoms with Gasteiger partial charge in [-0.25, -0.2) is 9.98 Å². The standard InChI is InChI=1S/C13H18N2O/c1-5-14-13(15-6-2)16-12-9-10(3)7-8-11(12)4/h5,7-9H,6H2,1-4H3/b14-5-,15-13?. The zero-order valence-corrected chi connectivity index (χ0v) is 10.3. The molecular formula is C13H18N2O. The van der Waals surface area contributed by atoms with Crippen LogP contribution < -0.4 is 4.74 Å². The molecule has 0 aliphatic rings. The molecule has 0 radical (unpaired) electrons. The highest BCUT2D eigenvalue weighted by Gasteiger charge is 2.03. The van der Waals surface area contributed by atoms with Crippen LogP contribution in [0.15, 0.2) is 28.2 Å². The van der Waals surface area contributed by atoms with Gasteiger partial charge >= 0.3 is 6.02 Å². The second-order valence-electron chi connectivity index (χ2n) is 3.52. The van der Waals surface area contributed by atoms with E-state index in [1.165, 1.54) is 0 Å².